The first-order valence-corrected chi connectivity index (χ1v) is 5.30. The molecule has 0 aliphatic carbocycles. The largest absolute Gasteiger partial charge is 0.478 e. The monoisotopic (exact) mass is 237 g/mol. The van der Waals surface area contributed by atoms with Crippen LogP contribution in [0.3, 0.4) is 0 Å². The molecule has 1 aromatic heterocycles. The predicted octanol–water partition coefficient (Wildman–Crippen LogP) is 1.59. The lowest BCUT2D eigenvalue weighted by Crippen LogP contribution is -2.07. The van der Waals surface area contributed by atoms with Gasteiger partial charge in [0.1, 0.15) is 6.61 Å². The van der Waals surface area contributed by atoms with E-state index in [1.165, 1.54) is 6.08 Å². The van der Waals surface area contributed by atoms with Crippen molar-refractivity contribution in [2.45, 2.75) is 6.92 Å². The van der Waals surface area contributed by atoms with Crippen LogP contribution in [-0.4, -0.2) is 35.9 Å². The summed E-state index contributed by atoms with van der Waals surface area (Å²) in [7, 11) is 0. The number of hydrogen-bond acceptors (Lipinski definition) is 4. The van der Waals surface area contributed by atoms with Crippen LogP contribution < -0.4 is 4.74 Å². The van der Waals surface area contributed by atoms with E-state index in [4.69, 9.17) is 14.6 Å². The quantitative estimate of drug-likeness (QED) is 0.576. The molecular formula is C12H15NO4. The first kappa shape index (κ1) is 13.2. The minimum atomic E-state index is -0.984. The second kappa shape index (κ2) is 7.40. The molecule has 0 unspecified atom stereocenters. The van der Waals surface area contributed by atoms with Crippen LogP contribution in [0.15, 0.2) is 24.4 Å². The van der Waals surface area contributed by atoms with E-state index >= 15 is 0 Å². The molecular weight excluding hydrogens is 222 g/mol. The third kappa shape index (κ3) is 5.67. The topological polar surface area (TPSA) is 68.7 Å². The number of nitrogens with zero attached hydrogens (tertiary/aromatic N) is 1. The molecule has 0 saturated carbocycles. The Hall–Kier alpha value is -1.88. The lowest BCUT2D eigenvalue weighted by atomic mass is 10.2. The average Bonchev–Trinajstić information content (AvgIpc) is 2.33. The molecule has 0 aliphatic rings. The molecule has 0 atom stereocenters. The molecule has 5 nitrogen and oxygen atoms in total. The molecule has 0 aliphatic heterocycles. The van der Waals surface area contributed by atoms with Crippen molar-refractivity contribution < 1.29 is 19.4 Å². The number of pyridine rings is 1. The maximum absolute atomic E-state index is 10.3. The van der Waals surface area contributed by atoms with Crippen molar-refractivity contribution in [3.8, 4) is 5.88 Å². The highest BCUT2D eigenvalue weighted by atomic mass is 16.5. The van der Waals surface area contributed by atoms with Crippen molar-refractivity contribution in [3.63, 3.8) is 0 Å². The Labute approximate surface area is 99.7 Å². The Balaban J connectivity index is 2.42. The van der Waals surface area contributed by atoms with E-state index in [2.05, 4.69) is 4.98 Å². The minimum absolute atomic E-state index is 0.450. The summed E-state index contributed by atoms with van der Waals surface area (Å²) in [5, 5.41) is 8.45. The molecule has 0 saturated heterocycles. The fourth-order valence-electron chi connectivity index (χ4n) is 1.09. The van der Waals surface area contributed by atoms with Crippen LogP contribution in [0.5, 0.6) is 5.88 Å². The first-order chi connectivity index (χ1) is 8.22. The number of hydrogen-bond donors (Lipinski definition) is 1. The highest BCUT2D eigenvalue weighted by molar-refractivity contribution is 5.85. The van der Waals surface area contributed by atoms with Crippen LogP contribution in [0.2, 0.25) is 0 Å². The summed E-state index contributed by atoms with van der Waals surface area (Å²) in [5.74, 6) is -0.487. The molecule has 1 heterocycles. The van der Waals surface area contributed by atoms with Crippen molar-refractivity contribution >= 4 is 12.0 Å². The smallest absolute Gasteiger partial charge is 0.328 e. The number of aromatic nitrogens is 1. The van der Waals surface area contributed by atoms with Crippen LogP contribution in [0, 0.1) is 0 Å². The summed E-state index contributed by atoms with van der Waals surface area (Å²) in [5.41, 5.74) is 0.713. The van der Waals surface area contributed by atoms with Crippen molar-refractivity contribution in [2.24, 2.45) is 0 Å². The van der Waals surface area contributed by atoms with Gasteiger partial charge in [-0.15, -0.1) is 0 Å². The van der Waals surface area contributed by atoms with E-state index in [0.29, 0.717) is 31.3 Å². The van der Waals surface area contributed by atoms with Crippen LogP contribution in [0.25, 0.3) is 6.08 Å². The van der Waals surface area contributed by atoms with E-state index in [-0.39, 0.29) is 0 Å². The van der Waals surface area contributed by atoms with Crippen molar-refractivity contribution in [1.29, 1.82) is 0 Å². The van der Waals surface area contributed by atoms with Gasteiger partial charge in [-0.25, -0.2) is 9.78 Å². The van der Waals surface area contributed by atoms with Gasteiger partial charge < -0.3 is 14.6 Å². The summed E-state index contributed by atoms with van der Waals surface area (Å²) >= 11 is 0. The van der Waals surface area contributed by atoms with E-state index in [0.717, 1.165) is 6.08 Å². The Morgan fingerprint density at radius 3 is 2.88 bits per heavy atom. The fourth-order valence-corrected chi connectivity index (χ4v) is 1.09. The van der Waals surface area contributed by atoms with Crippen molar-refractivity contribution in [1.82, 2.24) is 4.98 Å². The van der Waals surface area contributed by atoms with E-state index in [9.17, 15) is 4.79 Å². The molecule has 92 valence electrons. The molecule has 5 heteroatoms. The van der Waals surface area contributed by atoms with Gasteiger partial charge in [0.15, 0.2) is 0 Å². The summed E-state index contributed by atoms with van der Waals surface area (Å²) in [6.45, 7) is 3.56. The fraction of sp³-hybridized carbons (Fsp3) is 0.333. The molecule has 0 aromatic carbocycles. The summed E-state index contributed by atoms with van der Waals surface area (Å²) in [6.07, 6.45) is 4.08. The van der Waals surface area contributed by atoms with Crippen LogP contribution in [-0.2, 0) is 9.53 Å². The third-order valence-electron chi connectivity index (χ3n) is 1.86. The van der Waals surface area contributed by atoms with Crippen LogP contribution >= 0.6 is 0 Å². The second-order valence-corrected chi connectivity index (χ2v) is 3.15. The summed E-state index contributed by atoms with van der Waals surface area (Å²) in [6, 6.07) is 3.43. The molecule has 1 N–H and O–H groups in total. The molecule has 0 fully saturated rings. The highest BCUT2D eigenvalue weighted by Crippen LogP contribution is 2.08. The zero-order valence-electron chi connectivity index (χ0n) is 9.63. The van der Waals surface area contributed by atoms with Gasteiger partial charge in [-0.05, 0) is 24.6 Å². The number of aliphatic carboxylic acids is 1. The van der Waals surface area contributed by atoms with Crippen molar-refractivity contribution in [3.05, 3.63) is 30.0 Å². The van der Waals surface area contributed by atoms with E-state index < -0.39 is 5.97 Å². The third-order valence-corrected chi connectivity index (χ3v) is 1.86. The number of rotatable bonds is 7. The van der Waals surface area contributed by atoms with Crippen molar-refractivity contribution in [2.75, 3.05) is 19.8 Å². The second-order valence-electron chi connectivity index (χ2n) is 3.15. The lowest BCUT2D eigenvalue weighted by Gasteiger charge is -2.04. The Kier molecular flexibility index (Phi) is 5.74. The van der Waals surface area contributed by atoms with Gasteiger partial charge in [-0.3, -0.25) is 0 Å². The van der Waals surface area contributed by atoms with Gasteiger partial charge in [-0.2, -0.15) is 0 Å². The lowest BCUT2D eigenvalue weighted by molar-refractivity contribution is -0.131. The molecule has 1 aromatic rings. The Morgan fingerprint density at radius 2 is 2.29 bits per heavy atom. The molecule has 17 heavy (non-hydrogen) atoms. The highest BCUT2D eigenvalue weighted by Gasteiger charge is 1.95. The number of carboxylic acids is 1. The molecule has 1 rings (SSSR count). The molecule has 0 amide bonds. The number of ether oxygens (including phenoxy) is 2. The SMILES string of the molecule is CCOCCOc1ccc(/C=C/C(=O)O)cn1. The Morgan fingerprint density at radius 1 is 1.47 bits per heavy atom. The molecule has 0 radical (unpaired) electrons. The van der Waals surface area contributed by atoms with Gasteiger partial charge >= 0.3 is 5.97 Å². The van der Waals surface area contributed by atoms with Gasteiger partial charge in [-0.1, -0.05) is 0 Å². The standard InChI is InChI=1S/C12H15NO4/c1-2-16-7-8-17-11-5-3-10(9-13-11)4-6-12(14)15/h3-6,9H,2,7-8H2,1H3,(H,14,15)/b6-4+. The zero-order chi connectivity index (χ0) is 12.5. The van der Waals surface area contributed by atoms with Crippen LogP contribution in [0.1, 0.15) is 12.5 Å². The minimum Gasteiger partial charge on any atom is -0.478 e. The maximum atomic E-state index is 10.3. The number of carboxylic acid groups (broad SMARTS) is 1. The normalized spacial score (nSPS) is 10.6. The Bertz CT molecular complexity index is 373. The van der Waals surface area contributed by atoms with E-state index in [1.807, 2.05) is 6.92 Å². The zero-order valence-corrected chi connectivity index (χ0v) is 9.63. The van der Waals surface area contributed by atoms with Gasteiger partial charge in [0, 0.05) is 24.9 Å². The first-order valence-electron chi connectivity index (χ1n) is 5.30. The summed E-state index contributed by atoms with van der Waals surface area (Å²) < 4.78 is 10.4. The predicted molar refractivity (Wildman–Crippen MR) is 62.9 cm³/mol. The van der Waals surface area contributed by atoms with Gasteiger partial charge in [0.05, 0.1) is 6.61 Å². The van der Waals surface area contributed by atoms with E-state index in [1.54, 1.807) is 18.3 Å². The average molecular weight is 237 g/mol. The summed E-state index contributed by atoms with van der Waals surface area (Å²) in [4.78, 5) is 14.3. The maximum Gasteiger partial charge on any atom is 0.328 e. The van der Waals surface area contributed by atoms with Gasteiger partial charge in [0.2, 0.25) is 5.88 Å². The molecule has 0 spiro atoms. The molecule has 0 bridgehead atoms. The van der Waals surface area contributed by atoms with Crippen LogP contribution in [0.4, 0.5) is 0 Å². The van der Waals surface area contributed by atoms with Gasteiger partial charge in [0.25, 0.3) is 0 Å². The number of carbonyl (C=O) groups is 1.